The zero-order chi connectivity index (χ0) is 10.2. The molecule has 13 heavy (non-hydrogen) atoms. The van der Waals surface area contributed by atoms with Crippen LogP contribution in [0.3, 0.4) is 0 Å². The van der Waals surface area contributed by atoms with Crippen LogP contribution in [0.2, 0.25) is 12.6 Å². The molecular formula is C9H22O3Si. The zero-order valence-electron chi connectivity index (χ0n) is 9.01. The van der Waals surface area contributed by atoms with Gasteiger partial charge in [0.25, 0.3) is 0 Å². The lowest BCUT2D eigenvalue weighted by Crippen LogP contribution is -2.40. The lowest BCUT2D eigenvalue weighted by Gasteiger charge is -2.26. The van der Waals surface area contributed by atoms with Crippen LogP contribution in [0.4, 0.5) is 0 Å². The molecule has 0 spiro atoms. The van der Waals surface area contributed by atoms with Gasteiger partial charge in [0, 0.05) is 25.9 Å². The molecule has 1 N–H and O–H groups in total. The topological polar surface area (TPSA) is 38.7 Å². The molecule has 0 saturated carbocycles. The molecule has 0 rings (SSSR count). The second kappa shape index (κ2) is 7.50. The molecule has 0 aromatic carbocycles. The fraction of sp³-hybridized carbons (Fsp3) is 1.00. The van der Waals surface area contributed by atoms with E-state index in [1.165, 1.54) is 0 Å². The molecule has 0 unspecified atom stereocenters. The van der Waals surface area contributed by atoms with E-state index < -0.39 is 8.56 Å². The number of aliphatic hydroxyl groups is 1. The highest BCUT2D eigenvalue weighted by Crippen LogP contribution is 2.13. The Bertz CT molecular complexity index is 111. The molecule has 0 radical (unpaired) electrons. The predicted molar refractivity (Wildman–Crippen MR) is 56.0 cm³/mol. The summed E-state index contributed by atoms with van der Waals surface area (Å²) >= 11 is 0. The summed E-state index contributed by atoms with van der Waals surface area (Å²) in [5, 5.41) is 8.88. The van der Waals surface area contributed by atoms with Crippen molar-refractivity contribution in [3.05, 3.63) is 0 Å². The molecule has 80 valence electrons. The maximum absolute atomic E-state index is 8.88. The highest BCUT2D eigenvalue weighted by Gasteiger charge is 2.30. The van der Waals surface area contributed by atoms with E-state index in [0.29, 0.717) is 6.04 Å². The third kappa shape index (κ3) is 6.21. The van der Waals surface area contributed by atoms with Gasteiger partial charge in [-0.15, -0.1) is 0 Å². The third-order valence-electron chi connectivity index (χ3n) is 1.79. The Morgan fingerprint density at radius 3 is 1.85 bits per heavy atom. The smallest absolute Gasteiger partial charge is 0.337 e. The van der Waals surface area contributed by atoms with E-state index in [1.807, 2.05) is 6.55 Å². The van der Waals surface area contributed by atoms with Crippen molar-refractivity contribution in [3.8, 4) is 0 Å². The molecule has 0 amide bonds. The first-order valence-corrected chi connectivity index (χ1v) is 7.59. The van der Waals surface area contributed by atoms with Gasteiger partial charge >= 0.3 is 8.56 Å². The van der Waals surface area contributed by atoms with Crippen molar-refractivity contribution < 1.29 is 14.0 Å². The average molecular weight is 206 g/mol. The van der Waals surface area contributed by atoms with Gasteiger partial charge < -0.3 is 14.0 Å². The van der Waals surface area contributed by atoms with Crippen molar-refractivity contribution in [2.75, 3.05) is 19.8 Å². The SMILES string of the molecule is CCCO[Si](C)(CCO)OCCC. The first-order valence-electron chi connectivity index (χ1n) is 5.07. The molecule has 0 fully saturated rings. The van der Waals surface area contributed by atoms with Gasteiger partial charge in [0.05, 0.1) is 0 Å². The van der Waals surface area contributed by atoms with Crippen molar-refractivity contribution in [2.24, 2.45) is 0 Å². The Balaban J connectivity index is 3.84. The predicted octanol–water partition coefficient (Wildman–Crippen LogP) is 1.90. The van der Waals surface area contributed by atoms with E-state index in [4.69, 9.17) is 14.0 Å². The quantitative estimate of drug-likeness (QED) is 0.617. The lowest BCUT2D eigenvalue weighted by molar-refractivity contribution is 0.165. The van der Waals surface area contributed by atoms with Crippen LogP contribution in [-0.2, 0) is 8.85 Å². The highest BCUT2D eigenvalue weighted by molar-refractivity contribution is 6.66. The van der Waals surface area contributed by atoms with E-state index in [0.717, 1.165) is 26.1 Å². The molecule has 0 aliphatic carbocycles. The van der Waals surface area contributed by atoms with Crippen molar-refractivity contribution >= 4 is 8.56 Å². The third-order valence-corrected chi connectivity index (χ3v) is 4.55. The standard InChI is InChI=1S/C9H22O3Si/c1-4-7-11-13(3,9-6-10)12-8-5-2/h10H,4-9H2,1-3H3. The van der Waals surface area contributed by atoms with Crippen LogP contribution in [0.5, 0.6) is 0 Å². The zero-order valence-corrected chi connectivity index (χ0v) is 10.0. The molecule has 0 bridgehead atoms. The summed E-state index contributed by atoms with van der Waals surface area (Å²) in [6.45, 7) is 7.82. The number of rotatable bonds is 8. The van der Waals surface area contributed by atoms with Gasteiger partial charge in [-0.1, -0.05) is 13.8 Å². The second-order valence-electron chi connectivity index (χ2n) is 3.30. The van der Waals surface area contributed by atoms with Gasteiger partial charge in [0.15, 0.2) is 0 Å². The van der Waals surface area contributed by atoms with Crippen LogP contribution in [0.1, 0.15) is 26.7 Å². The fourth-order valence-corrected chi connectivity index (χ4v) is 3.08. The van der Waals surface area contributed by atoms with E-state index in [-0.39, 0.29) is 6.61 Å². The first kappa shape index (κ1) is 13.1. The van der Waals surface area contributed by atoms with Crippen molar-refractivity contribution in [1.29, 1.82) is 0 Å². The Morgan fingerprint density at radius 1 is 1.08 bits per heavy atom. The Morgan fingerprint density at radius 2 is 1.54 bits per heavy atom. The molecular weight excluding hydrogens is 184 g/mol. The Kier molecular flexibility index (Phi) is 7.55. The average Bonchev–Trinajstić information content (AvgIpc) is 2.12. The molecule has 0 aromatic heterocycles. The van der Waals surface area contributed by atoms with Crippen molar-refractivity contribution in [1.82, 2.24) is 0 Å². The van der Waals surface area contributed by atoms with Gasteiger partial charge in [-0.25, -0.2) is 0 Å². The Labute approximate surface area is 82.3 Å². The van der Waals surface area contributed by atoms with Gasteiger partial charge in [-0.05, 0) is 19.4 Å². The van der Waals surface area contributed by atoms with Crippen LogP contribution in [0.15, 0.2) is 0 Å². The van der Waals surface area contributed by atoms with Gasteiger partial charge in [-0.3, -0.25) is 0 Å². The largest absolute Gasteiger partial charge is 0.396 e. The maximum atomic E-state index is 8.88. The van der Waals surface area contributed by atoms with Gasteiger partial charge in [0.2, 0.25) is 0 Å². The molecule has 0 heterocycles. The minimum atomic E-state index is -2.04. The van der Waals surface area contributed by atoms with E-state index in [1.54, 1.807) is 0 Å². The van der Waals surface area contributed by atoms with E-state index in [2.05, 4.69) is 13.8 Å². The van der Waals surface area contributed by atoms with Crippen LogP contribution in [-0.4, -0.2) is 33.5 Å². The van der Waals surface area contributed by atoms with E-state index in [9.17, 15) is 0 Å². The van der Waals surface area contributed by atoms with Gasteiger partial charge in [-0.2, -0.15) is 0 Å². The summed E-state index contributed by atoms with van der Waals surface area (Å²) < 4.78 is 11.4. The summed E-state index contributed by atoms with van der Waals surface area (Å²) in [5.74, 6) is 0. The number of hydrogen-bond donors (Lipinski definition) is 1. The van der Waals surface area contributed by atoms with Crippen LogP contribution >= 0.6 is 0 Å². The van der Waals surface area contributed by atoms with Gasteiger partial charge in [0.1, 0.15) is 0 Å². The molecule has 0 atom stereocenters. The first-order chi connectivity index (χ1) is 6.18. The van der Waals surface area contributed by atoms with Crippen molar-refractivity contribution in [2.45, 2.75) is 39.3 Å². The fourth-order valence-electron chi connectivity index (χ4n) is 1.03. The van der Waals surface area contributed by atoms with Crippen LogP contribution in [0, 0.1) is 0 Å². The molecule has 0 saturated heterocycles. The number of hydrogen-bond acceptors (Lipinski definition) is 3. The molecule has 0 aliphatic rings. The minimum Gasteiger partial charge on any atom is -0.396 e. The van der Waals surface area contributed by atoms with Crippen LogP contribution < -0.4 is 0 Å². The molecule has 4 heteroatoms. The number of aliphatic hydroxyl groups excluding tert-OH is 1. The summed E-state index contributed by atoms with van der Waals surface area (Å²) in [5.41, 5.74) is 0. The summed E-state index contributed by atoms with van der Waals surface area (Å²) in [4.78, 5) is 0. The lowest BCUT2D eigenvalue weighted by atomic mass is 10.5. The molecule has 0 aliphatic heterocycles. The summed E-state index contributed by atoms with van der Waals surface area (Å²) in [7, 11) is -2.04. The molecule has 3 nitrogen and oxygen atoms in total. The monoisotopic (exact) mass is 206 g/mol. The minimum absolute atomic E-state index is 0.163. The molecule has 0 aromatic rings. The highest BCUT2D eigenvalue weighted by atomic mass is 28.4. The maximum Gasteiger partial charge on any atom is 0.337 e. The van der Waals surface area contributed by atoms with E-state index >= 15 is 0 Å². The summed E-state index contributed by atoms with van der Waals surface area (Å²) in [6.07, 6.45) is 2.01. The summed E-state index contributed by atoms with van der Waals surface area (Å²) in [6, 6.07) is 0.674. The Hall–Kier alpha value is 0.0969. The van der Waals surface area contributed by atoms with Crippen molar-refractivity contribution in [3.63, 3.8) is 0 Å². The normalized spacial score (nSPS) is 12.0. The van der Waals surface area contributed by atoms with Crippen LogP contribution in [0.25, 0.3) is 0 Å². The second-order valence-corrected chi connectivity index (χ2v) is 6.65.